The first kappa shape index (κ1) is 24.2. The Bertz CT molecular complexity index is 931. The van der Waals surface area contributed by atoms with Crippen LogP contribution in [-0.2, 0) is 10.8 Å². The van der Waals surface area contributed by atoms with E-state index < -0.39 is 0 Å². The molecule has 0 unspecified atom stereocenters. The lowest BCUT2D eigenvalue weighted by Gasteiger charge is -2.42. The number of anilines is 1. The number of pyridine rings is 1. The minimum absolute atomic E-state index is 0.208. The number of fused-ring (bicyclic) bond motifs is 1. The number of aliphatic hydroxyl groups excluding tert-OH is 1. The molecular formula is C28H42N4O. The largest absolute Gasteiger partial charge is 0.396 e. The van der Waals surface area contributed by atoms with E-state index in [2.05, 4.69) is 79.4 Å². The van der Waals surface area contributed by atoms with Crippen LogP contribution in [0, 0.1) is 0 Å². The summed E-state index contributed by atoms with van der Waals surface area (Å²) in [5, 5.41) is 11.2. The topological polar surface area (TPSA) is 51.6 Å². The number of aliphatic hydroxyl groups is 1. The third kappa shape index (κ3) is 5.59. The second-order valence-corrected chi connectivity index (χ2v) is 11.1. The van der Waals surface area contributed by atoms with Gasteiger partial charge in [0.1, 0.15) is 5.82 Å². The lowest BCUT2D eigenvalue weighted by molar-refractivity contribution is 0.174. The van der Waals surface area contributed by atoms with Crippen molar-refractivity contribution in [1.82, 2.24) is 15.4 Å². The van der Waals surface area contributed by atoms with Crippen LogP contribution in [0.4, 0.5) is 5.82 Å². The number of hydrogen-bond acceptors (Lipinski definition) is 5. The molecule has 0 saturated carbocycles. The van der Waals surface area contributed by atoms with Crippen molar-refractivity contribution in [3.63, 3.8) is 0 Å². The first-order valence-electron chi connectivity index (χ1n) is 12.8. The van der Waals surface area contributed by atoms with E-state index in [9.17, 15) is 0 Å². The van der Waals surface area contributed by atoms with Gasteiger partial charge in [-0.15, -0.1) is 0 Å². The number of nitrogens with zero attached hydrogens (tertiary/aromatic N) is 3. The highest BCUT2D eigenvalue weighted by Gasteiger charge is 2.37. The number of benzene rings is 1. The highest BCUT2D eigenvalue weighted by atomic mass is 16.2. The summed E-state index contributed by atoms with van der Waals surface area (Å²) in [6.45, 7) is 14.8. The van der Waals surface area contributed by atoms with Crippen molar-refractivity contribution in [2.45, 2.75) is 70.6 Å². The fourth-order valence-corrected chi connectivity index (χ4v) is 5.25. The highest BCUT2D eigenvalue weighted by Crippen LogP contribution is 2.46. The first-order chi connectivity index (χ1) is 15.8. The molecule has 0 amide bonds. The normalized spacial score (nSPS) is 20.0. The van der Waals surface area contributed by atoms with Crippen LogP contribution in [0.3, 0.4) is 0 Å². The molecule has 2 aliphatic rings. The van der Waals surface area contributed by atoms with Crippen LogP contribution in [0.1, 0.15) is 70.9 Å². The quantitative estimate of drug-likeness (QED) is 0.561. The molecule has 180 valence electrons. The number of rotatable bonds is 8. The molecule has 4 rings (SSSR count). The lowest BCUT2D eigenvalue weighted by Crippen LogP contribution is -2.52. The van der Waals surface area contributed by atoms with Crippen LogP contribution in [0.15, 0.2) is 36.4 Å². The van der Waals surface area contributed by atoms with Crippen LogP contribution in [0.2, 0.25) is 0 Å². The summed E-state index contributed by atoms with van der Waals surface area (Å²) in [5.41, 5.74) is 9.27. The molecule has 0 bridgehead atoms. The fourth-order valence-electron chi connectivity index (χ4n) is 5.25. The average molecular weight is 451 g/mol. The molecule has 0 spiro atoms. The second kappa shape index (κ2) is 10.1. The van der Waals surface area contributed by atoms with Gasteiger partial charge in [-0.05, 0) is 72.3 Å². The second-order valence-electron chi connectivity index (χ2n) is 11.1. The summed E-state index contributed by atoms with van der Waals surface area (Å²) in [6, 6.07) is 13.5. The van der Waals surface area contributed by atoms with Gasteiger partial charge in [-0.3, -0.25) is 5.43 Å². The highest BCUT2D eigenvalue weighted by molar-refractivity contribution is 5.65. The van der Waals surface area contributed by atoms with Crippen LogP contribution in [-0.4, -0.2) is 54.4 Å². The summed E-state index contributed by atoms with van der Waals surface area (Å²) < 4.78 is 0. The predicted octanol–water partition coefficient (Wildman–Crippen LogP) is 4.89. The Kier molecular flexibility index (Phi) is 7.42. The summed E-state index contributed by atoms with van der Waals surface area (Å²) in [7, 11) is 0. The molecular weight excluding hydrogens is 408 g/mol. The molecule has 2 heterocycles. The lowest BCUT2D eigenvalue weighted by atomic mass is 9.63. The molecule has 0 atom stereocenters. The van der Waals surface area contributed by atoms with E-state index in [1.165, 1.54) is 29.5 Å². The van der Waals surface area contributed by atoms with Crippen LogP contribution >= 0.6 is 0 Å². The third-order valence-electron chi connectivity index (χ3n) is 7.66. The third-order valence-corrected chi connectivity index (χ3v) is 7.66. The van der Waals surface area contributed by atoms with Crippen molar-refractivity contribution < 1.29 is 5.11 Å². The molecule has 1 aliphatic heterocycles. The van der Waals surface area contributed by atoms with E-state index in [4.69, 9.17) is 10.1 Å². The van der Waals surface area contributed by atoms with Gasteiger partial charge in [0, 0.05) is 44.9 Å². The summed E-state index contributed by atoms with van der Waals surface area (Å²) in [5.74, 6) is 1.08. The molecule has 1 saturated heterocycles. The van der Waals surface area contributed by atoms with Gasteiger partial charge in [-0.2, -0.15) is 0 Å². The van der Waals surface area contributed by atoms with Gasteiger partial charge in [0.25, 0.3) is 0 Å². The standard InChI is InChI=1S/C28H42N4O/c1-27(2)13-14-28(3,4)24-21-22(11-12-23(24)27)25-9-8-10-26(30-25)31-16-18-32(19-17-31)29-15-6-5-7-20-33/h8-12,21,29,33H,5-7,13-20H2,1-4H3. The summed E-state index contributed by atoms with van der Waals surface area (Å²) in [4.78, 5) is 7.49. The predicted molar refractivity (Wildman–Crippen MR) is 138 cm³/mol. The zero-order valence-corrected chi connectivity index (χ0v) is 21.0. The van der Waals surface area contributed by atoms with Crippen LogP contribution in [0.5, 0.6) is 0 Å². The van der Waals surface area contributed by atoms with E-state index in [-0.39, 0.29) is 10.8 Å². The number of aromatic nitrogens is 1. The monoisotopic (exact) mass is 450 g/mol. The minimum atomic E-state index is 0.208. The van der Waals surface area contributed by atoms with Gasteiger partial charge in [0.15, 0.2) is 0 Å². The molecule has 1 fully saturated rings. The molecule has 5 heteroatoms. The Morgan fingerprint density at radius 3 is 2.33 bits per heavy atom. The van der Waals surface area contributed by atoms with E-state index in [1.54, 1.807) is 0 Å². The van der Waals surface area contributed by atoms with E-state index in [0.717, 1.165) is 63.5 Å². The van der Waals surface area contributed by atoms with Gasteiger partial charge < -0.3 is 10.0 Å². The number of unbranched alkanes of at least 4 members (excludes halogenated alkanes) is 2. The molecule has 1 aliphatic carbocycles. The zero-order valence-electron chi connectivity index (χ0n) is 21.0. The van der Waals surface area contributed by atoms with Crippen molar-refractivity contribution in [3.8, 4) is 11.3 Å². The molecule has 1 aromatic carbocycles. The maximum absolute atomic E-state index is 8.90. The van der Waals surface area contributed by atoms with E-state index >= 15 is 0 Å². The Labute approximate surface area is 200 Å². The Morgan fingerprint density at radius 1 is 0.879 bits per heavy atom. The Morgan fingerprint density at radius 2 is 1.61 bits per heavy atom. The number of piperazine rings is 1. The zero-order chi connectivity index (χ0) is 23.5. The van der Waals surface area contributed by atoms with Crippen molar-refractivity contribution >= 4 is 5.82 Å². The SMILES string of the molecule is CC1(C)CCC(C)(C)c2cc(-c3cccc(N4CCN(NCCCCCO)CC4)n3)ccc21. The molecule has 2 aromatic rings. The first-order valence-corrected chi connectivity index (χ1v) is 12.8. The summed E-state index contributed by atoms with van der Waals surface area (Å²) >= 11 is 0. The smallest absolute Gasteiger partial charge is 0.129 e. The van der Waals surface area contributed by atoms with Crippen molar-refractivity contribution in [3.05, 3.63) is 47.5 Å². The fraction of sp³-hybridized carbons (Fsp3) is 0.607. The van der Waals surface area contributed by atoms with Crippen LogP contribution < -0.4 is 10.3 Å². The Balaban J connectivity index is 1.43. The van der Waals surface area contributed by atoms with Crippen molar-refractivity contribution in [2.24, 2.45) is 0 Å². The average Bonchev–Trinajstić information content (AvgIpc) is 2.82. The molecule has 0 radical (unpaired) electrons. The maximum Gasteiger partial charge on any atom is 0.129 e. The van der Waals surface area contributed by atoms with E-state index in [0.29, 0.717) is 6.61 Å². The van der Waals surface area contributed by atoms with Crippen LogP contribution in [0.25, 0.3) is 11.3 Å². The number of hydrogen-bond donors (Lipinski definition) is 2. The minimum Gasteiger partial charge on any atom is -0.396 e. The number of nitrogens with one attached hydrogen (secondary N) is 1. The molecule has 1 aromatic heterocycles. The molecule has 33 heavy (non-hydrogen) atoms. The summed E-state index contributed by atoms with van der Waals surface area (Å²) in [6.07, 6.45) is 5.56. The van der Waals surface area contributed by atoms with Gasteiger partial charge >= 0.3 is 0 Å². The van der Waals surface area contributed by atoms with Gasteiger partial charge in [0.2, 0.25) is 0 Å². The van der Waals surface area contributed by atoms with Gasteiger partial charge in [0.05, 0.1) is 5.69 Å². The van der Waals surface area contributed by atoms with Gasteiger partial charge in [-0.1, -0.05) is 45.9 Å². The van der Waals surface area contributed by atoms with Crippen molar-refractivity contribution in [1.29, 1.82) is 0 Å². The van der Waals surface area contributed by atoms with Crippen molar-refractivity contribution in [2.75, 3.05) is 44.2 Å². The van der Waals surface area contributed by atoms with Gasteiger partial charge in [-0.25, -0.2) is 9.99 Å². The number of hydrazine groups is 1. The van der Waals surface area contributed by atoms with E-state index in [1.807, 2.05) is 0 Å². The molecule has 5 nitrogen and oxygen atoms in total. The maximum atomic E-state index is 8.90. The molecule has 2 N–H and O–H groups in total. The Hall–Kier alpha value is -1.95.